The highest BCUT2D eigenvalue weighted by Crippen LogP contribution is 2.23. The molecule has 0 unspecified atom stereocenters. The van der Waals surface area contributed by atoms with Crippen molar-refractivity contribution in [1.29, 1.82) is 0 Å². The summed E-state index contributed by atoms with van der Waals surface area (Å²) in [6.45, 7) is 1.92. The van der Waals surface area contributed by atoms with Crippen LogP contribution in [0.3, 0.4) is 0 Å². The molecule has 0 spiro atoms. The number of nitrogens with two attached hydrogens (primary N) is 1. The number of nitrogen functional groups attached to an aromatic ring is 1. The minimum Gasteiger partial charge on any atom is -0.496 e. The monoisotopic (exact) mass is 209 g/mol. The fourth-order valence-corrected chi connectivity index (χ4v) is 1.40. The molecule has 0 aliphatic carbocycles. The number of hydrogen-bond donors (Lipinski definition) is 1. The van der Waals surface area contributed by atoms with E-state index in [-0.39, 0.29) is 6.10 Å². The third-order valence-corrected chi connectivity index (χ3v) is 2.39. The predicted octanol–water partition coefficient (Wildman–Crippen LogP) is 1.19. The van der Waals surface area contributed by atoms with Gasteiger partial charge in [-0.15, -0.1) is 0 Å². The van der Waals surface area contributed by atoms with E-state index in [1.807, 2.05) is 12.1 Å². The molecule has 2 N–H and O–H groups in total. The summed E-state index contributed by atoms with van der Waals surface area (Å²) in [5.41, 5.74) is 7.36. The van der Waals surface area contributed by atoms with Gasteiger partial charge in [0.05, 0.1) is 26.9 Å². The molecule has 1 heterocycles. The fraction of sp³-hybridized carbons (Fsp3) is 0.455. The van der Waals surface area contributed by atoms with E-state index in [0.717, 1.165) is 11.3 Å². The van der Waals surface area contributed by atoms with E-state index in [0.29, 0.717) is 25.5 Å². The summed E-state index contributed by atoms with van der Waals surface area (Å²) >= 11 is 0. The molecule has 1 aliphatic heterocycles. The smallest absolute Gasteiger partial charge is 0.126 e. The van der Waals surface area contributed by atoms with Crippen molar-refractivity contribution in [3.63, 3.8) is 0 Å². The first-order valence-electron chi connectivity index (χ1n) is 4.91. The van der Waals surface area contributed by atoms with E-state index in [4.69, 9.17) is 19.9 Å². The Morgan fingerprint density at radius 2 is 2.27 bits per heavy atom. The molecule has 0 aromatic heterocycles. The van der Waals surface area contributed by atoms with Gasteiger partial charge in [0.25, 0.3) is 0 Å². The van der Waals surface area contributed by atoms with Crippen molar-refractivity contribution in [3.8, 4) is 5.75 Å². The third kappa shape index (κ3) is 2.40. The number of rotatable bonds is 4. The molecule has 4 heteroatoms. The number of hydrogen-bond acceptors (Lipinski definition) is 4. The number of anilines is 1. The molecule has 1 aromatic carbocycles. The van der Waals surface area contributed by atoms with Gasteiger partial charge in [-0.1, -0.05) is 6.07 Å². The molecule has 82 valence electrons. The molecular weight excluding hydrogens is 194 g/mol. The predicted molar refractivity (Wildman–Crippen MR) is 56.8 cm³/mol. The van der Waals surface area contributed by atoms with Crippen LogP contribution in [0.5, 0.6) is 5.75 Å². The Bertz CT molecular complexity index is 337. The van der Waals surface area contributed by atoms with Crippen LogP contribution < -0.4 is 10.5 Å². The number of ether oxygens (including phenoxy) is 3. The van der Waals surface area contributed by atoms with E-state index in [1.165, 1.54) is 0 Å². The SMILES string of the molecule is COc1cc(N)ccc1COC1COC1. The molecule has 1 aliphatic rings. The van der Waals surface area contributed by atoms with Gasteiger partial charge in [-0.3, -0.25) is 0 Å². The van der Waals surface area contributed by atoms with Crippen molar-refractivity contribution in [1.82, 2.24) is 0 Å². The average Bonchev–Trinajstić information content (AvgIpc) is 2.17. The molecule has 0 saturated carbocycles. The first-order chi connectivity index (χ1) is 7.29. The van der Waals surface area contributed by atoms with Gasteiger partial charge in [0.1, 0.15) is 11.9 Å². The van der Waals surface area contributed by atoms with Gasteiger partial charge in [0.2, 0.25) is 0 Å². The van der Waals surface area contributed by atoms with E-state index in [1.54, 1.807) is 13.2 Å². The van der Waals surface area contributed by atoms with Crippen LogP contribution in [0.25, 0.3) is 0 Å². The molecule has 0 amide bonds. The van der Waals surface area contributed by atoms with E-state index in [9.17, 15) is 0 Å². The Morgan fingerprint density at radius 1 is 1.47 bits per heavy atom. The highest BCUT2D eigenvalue weighted by atomic mass is 16.6. The Hall–Kier alpha value is -1.26. The zero-order valence-corrected chi connectivity index (χ0v) is 8.73. The van der Waals surface area contributed by atoms with Crippen molar-refractivity contribution in [2.75, 3.05) is 26.1 Å². The van der Waals surface area contributed by atoms with Crippen LogP contribution in [-0.4, -0.2) is 26.4 Å². The molecule has 1 saturated heterocycles. The minimum atomic E-state index is 0.229. The first-order valence-corrected chi connectivity index (χ1v) is 4.91. The number of benzene rings is 1. The lowest BCUT2D eigenvalue weighted by Crippen LogP contribution is -2.35. The van der Waals surface area contributed by atoms with Crippen LogP contribution in [0.15, 0.2) is 18.2 Å². The van der Waals surface area contributed by atoms with Crippen LogP contribution in [0.1, 0.15) is 5.56 Å². The Kier molecular flexibility index (Phi) is 3.08. The Morgan fingerprint density at radius 3 is 2.87 bits per heavy atom. The molecule has 1 fully saturated rings. The zero-order valence-electron chi connectivity index (χ0n) is 8.73. The summed E-state index contributed by atoms with van der Waals surface area (Å²) in [5.74, 6) is 0.773. The number of methoxy groups -OCH3 is 1. The van der Waals surface area contributed by atoms with Gasteiger partial charge in [-0.2, -0.15) is 0 Å². The van der Waals surface area contributed by atoms with Crippen LogP contribution >= 0.6 is 0 Å². The van der Waals surface area contributed by atoms with Crippen LogP contribution in [0, 0.1) is 0 Å². The molecule has 2 rings (SSSR count). The summed E-state index contributed by atoms with van der Waals surface area (Å²) in [4.78, 5) is 0. The van der Waals surface area contributed by atoms with Crippen molar-refractivity contribution in [2.24, 2.45) is 0 Å². The lowest BCUT2D eigenvalue weighted by atomic mass is 10.2. The van der Waals surface area contributed by atoms with E-state index < -0.39 is 0 Å². The summed E-state index contributed by atoms with van der Waals surface area (Å²) in [6.07, 6.45) is 0.229. The summed E-state index contributed by atoms with van der Waals surface area (Å²) in [6, 6.07) is 5.57. The highest BCUT2D eigenvalue weighted by molar-refractivity contribution is 5.48. The standard InChI is InChI=1S/C11H15NO3/c1-13-11-4-9(12)3-2-8(11)5-15-10-6-14-7-10/h2-4,10H,5-7,12H2,1H3. The molecule has 1 aromatic rings. The van der Waals surface area contributed by atoms with Crippen molar-refractivity contribution in [2.45, 2.75) is 12.7 Å². The van der Waals surface area contributed by atoms with Crippen LogP contribution in [-0.2, 0) is 16.1 Å². The second kappa shape index (κ2) is 4.51. The van der Waals surface area contributed by atoms with Crippen molar-refractivity contribution >= 4 is 5.69 Å². The summed E-state index contributed by atoms with van der Waals surface area (Å²) < 4.78 is 15.8. The van der Waals surface area contributed by atoms with Gasteiger partial charge in [-0.25, -0.2) is 0 Å². The highest BCUT2D eigenvalue weighted by Gasteiger charge is 2.19. The largest absolute Gasteiger partial charge is 0.496 e. The molecule has 0 bridgehead atoms. The van der Waals surface area contributed by atoms with Gasteiger partial charge >= 0.3 is 0 Å². The minimum absolute atomic E-state index is 0.229. The second-order valence-corrected chi connectivity index (χ2v) is 3.54. The van der Waals surface area contributed by atoms with E-state index >= 15 is 0 Å². The lowest BCUT2D eigenvalue weighted by Gasteiger charge is -2.26. The second-order valence-electron chi connectivity index (χ2n) is 3.54. The third-order valence-electron chi connectivity index (χ3n) is 2.39. The van der Waals surface area contributed by atoms with Gasteiger partial charge in [-0.05, 0) is 6.07 Å². The van der Waals surface area contributed by atoms with Crippen molar-refractivity contribution < 1.29 is 14.2 Å². The lowest BCUT2D eigenvalue weighted by molar-refractivity contribution is -0.135. The Balaban J connectivity index is 1.99. The molecular formula is C11H15NO3. The summed E-state index contributed by atoms with van der Waals surface area (Å²) in [7, 11) is 1.63. The summed E-state index contributed by atoms with van der Waals surface area (Å²) in [5, 5.41) is 0. The van der Waals surface area contributed by atoms with Gasteiger partial charge in [0, 0.05) is 17.3 Å². The maximum absolute atomic E-state index is 5.66. The Labute approximate surface area is 88.9 Å². The van der Waals surface area contributed by atoms with Crippen LogP contribution in [0.2, 0.25) is 0 Å². The van der Waals surface area contributed by atoms with Gasteiger partial charge in [0.15, 0.2) is 0 Å². The van der Waals surface area contributed by atoms with Crippen molar-refractivity contribution in [3.05, 3.63) is 23.8 Å². The molecule has 15 heavy (non-hydrogen) atoms. The average molecular weight is 209 g/mol. The molecule has 4 nitrogen and oxygen atoms in total. The fourth-order valence-electron chi connectivity index (χ4n) is 1.40. The van der Waals surface area contributed by atoms with Gasteiger partial charge < -0.3 is 19.9 Å². The maximum atomic E-state index is 5.66. The van der Waals surface area contributed by atoms with E-state index in [2.05, 4.69) is 0 Å². The normalized spacial score (nSPS) is 16.1. The first kappa shape index (κ1) is 10.3. The molecule has 0 radical (unpaired) electrons. The van der Waals surface area contributed by atoms with Crippen LogP contribution in [0.4, 0.5) is 5.69 Å². The maximum Gasteiger partial charge on any atom is 0.126 e. The topological polar surface area (TPSA) is 53.7 Å². The zero-order chi connectivity index (χ0) is 10.7. The molecule has 0 atom stereocenters. The quantitative estimate of drug-likeness (QED) is 0.757.